The molecule has 1 aromatic rings. The van der Waals surface area contributed by atoms with E-state index in [4.69, 9.17) is 0 Å². The van der Waals surface area contributed by atoms with Crippen molar-refractivity contribution >= 4 is 5.69 Å². The second kappa shape index (κ2) is 6.19. The maximum atomic E-state index is 9.80. The molecule has 0 amide bonds. The Labute approximate surface area is 110 Å². The fourth-order valence-electron chi connectivity index (χ4n) is 1.98. The van der Waals surface area contributed by atoms with Crippen molar-refractivity contribution in [1.82, 2.24) is 9.80 Å². The van der Waals surface area contributed by atoms with E-state index in [2.05, 4.69) is 22.0 Å². The Morgan fingerprint density at radius 3 is 2.11 bits per heavy atom. The van der Waals surface area contributed by atoms with Crippen LogP contribution in [0.2, 0.25) is 0 Å². The van der Waals surface area contributed by atoms with Gasteiger partial charge in [0.05, 0.1) is 11.4 Å². The van der Waals surface area contributed by atoms with Crippen molar-refractivity contribution < 1.29 is 5.11 Å². The molecule has 0 saturated heterocycles. The number of phenols is 1. The van der Waals surface area contributed by atoms with Crippen LogP contribution in [-0.4, -0.2) is 43.1 Å². The Kier molecular flexibility index (Phi) is 4.89. The van der Waals surface area contributed by atoms with E-state index in [9.17, 15) is 5.11 Å². The van der Waals surface area contributed by atoms with Crippen molar-refractivity contribution in [2.75, 3.05) is 33.5 Å². The van der Waals surface area contributed by atoms with Crippen LogP contribution in [0, 0.1) is 0 Å². The average molecular weight is 249 g/mol. The van der Waals surface area contributed by atoms with E-state index in [1.54, 1.807) is 6.07 Å². The molecule has 1 rings (SSSR count). The van der Waals surface area contributed by atoms with Gasteiger partial charge in [0.25, 0.3) is 0 Å². The zero-order chi connectivity index (χ0) is 13.7. The Morgan fingerprint density at radius 1 is 1.11 bits per heavy atom. The van der Waals surface area contributed by atoms with Crippen LogP contribution < -0.4 is 5.32 Å². The highest BCUT2D eigenvalue weighted by Crippen LogP contribution is 2.25. The van der Waals surface area contributed by atoms with Crippen LogP contribution in [-0.2, 0) is 0 Å². The van der Waals surface area contributed by atoms with Gasteiger partial charge in [-0.1, -0.05) is 19.1 Å². The quantitative estimate of drug-likeness (QED) is 0.786. The molecule has 0 heterocycles. The molecular formula is C14H23N3O. The molecule has 0 aliphatic rings. The molecule has 18 heavy (non-hydrogen) atoms. The number of phenolic OH excluding ortho intramolecular Hbond substituents is 1. The van der Waals surface area contributed by atoms with E-state index < -0.39 is 0 Å². The van der Waals surface area contributed by atoms with Crippen molar-refractivity contribution in [3.63, 3.8) is 0 Å². The second-order valence-electron chi connectivity index (χ2n) is 4.59. The smallest absolute Gasteiger partial charge is 0.139 e. The van der Waals surface area contributed by atoms with E-state index in [0.29, 0.717) is 0 Å². The summed E-state index contributed by atoms with van der Waals surface area (Å²) in [5.74, 6) is 1.36. The zero-order valence-corrected chi connectivity index (χ0v) is 11.9. The topological polar surface area (TPSA) is 38.7 Å². The van der Waals surface area contributed by atoms with Crippen LogP contribution >= 0.6 is 0 Å². The molecule has 2 N–H and O–H groups in total. The highest BCUT2D eigenvalue weighted by molar-refractivity contribution is 5.58. The lowest BCUT2D eigenvalue weighted by Gasteiger charge is -2.28. The maximum Gasteiger partial charge on any atom is 0.139 e. The summed E-state index contributed by atoms with van der Waals surface area (Å²) in [5.41, 5.74) is 1.81. The van der Waals surface area contributed by atoms with Crippen molar-refractivity contribution in [3.05, 3.63) is 35.8 Å². The van der Waals surface area contributed by atoms with E-state index in [0.717, 1.165) is 23.6 Å². The fourth-order valence-corrected chi connectivity index (χ4v) is 1.98. The molecule has 0 aromatic heterocycles. The van der Waals surface area contributed by atoms with Gasteiger partial charge in [-0.3, -0.25) is 0 Å². The zero-order valence-electron chi connectivity index (χ0n) is 11.9. The first-order chi connectivity index (χ1) is 8.47. The van der Waals surface area contributed by atoms with Gasteiger partial charge in [-0.25, -0.2) is 0 Å². The summed E-state index contributed by atoms with van der Waals surface area (Å²) in [4.78, 5) is 4.12. The van der Waals surface area contributed by atoms with Gasteiger partial charge < -0.3 is 20.2 Å². The van der Waals surface area contributed by atoms with Crippen LogP contribution in [0.15, 0.2) is 35.8 Å². The lowest BCUT2D eigenvalue weighted by Crippen LogP contribution is -2.28. The van der Waals surface area contributed by atoms with Crippen molar-refractivity contribution in [1.29, 1.82) is 0 Å². The predicted molar refractivity (Wildman–Crippen MR) is 76.4 cm³/mol. The molecule has 0 saturated carbocycles. The van der Waals surface area contributed by atoms with Gasteiger partial charge in [-0.05, 0) is 18.6 Å². The third-order valence-electron chi connectivity index (χ3n) is 2.66. The third-order valence-corrected chi connectivity index (χ3v) is 2.66. The first-order valence-corrected chi connectivity index (χ1v) is 6.10. The van der Waals surface area contributed by atoms with E-state index in [1.807, 2.05) is 46.4 Å². The monoisotopic (exact) mass is 249 g/mol. The maximum absolute atomic E-state index is 9.80. The molecule has 0 aliphatic heterocycles. The minimum atomic E-state index is 0.264. The number of benzene rings is 1. The predicted octanol–water partition coefficient (Wildman–Crippen LogP) is 2.51. The van der Waals surface area contributed by atoms with E-state index >= 15 is 0 Å². The summed E-state index contributed by atoms with van der Waals surface area (Å²) in [6.07, 6.45) is 0.861. The molecule has 0 bridgehead atoms. The van der Waals surface area contributed by atoms with Gasteiger partial charge in [0.15, 0.2) is 0 Å². The molecule has 0 spiro atoms. The average Bonchev–Trinajstić information content (AvgIpc) is 2.29. The van der Waals surface area contributed by atoms with Crippen molar-refractivity contribution in [3.8, 4) is 5.75 Å². The molecule has 0 atom stereocenters. The summed E-state index contributed by atoms with van der Waals surface area (Å²) in [7, 11) is 8.05. The van der Waals surface area contributed by atoms with Gasteiger partial charge in [-0.15, -0.1) is 0 Å². The largest absolute Gasteiger partial charge is 0.506 e. The highest BCUT2D eigenvalue weighted by Gasteiger charge is 2.11. The number of hydrogen-bond donors (Lipinski definition) is 2. The lowest BCUT2D eigenvalue weighted by molar-refractivity contribution is 0.335. The van der Waals surface area contributed by atoms with Crippen LogP contribution in [0.5, 0.6) is 5.75 Å². The van der Waals surface area contributed by atoms with Gasteiger partial charge in [0.2, 0.25) is 0 Å². The number of anilines is 1. The van der Waals surface area contributed by atoms with Gasteiger partial charge >= 0.3 is 0 Å². The molecule has 0 aliphatic carbocycles. The molecule has 0 radical (unpaired) electrons. The SMILES string of the molecule is CCC(Nc1ccccc1O)=C(N(C)C)N(C)C. The summed E-state index contributed by atoms with van der Waals surface area (Å²) in [6, 6.07) is 7.27. The molecule has 1 aromatic carbocycles. The minimum absolute atomic E-state index is 0.264. The standard InChI is InChI=1S/C14H23N3O/c1-6-11(14(16(2)3)17(4)5)15-12-9-7-8-10-13(12)18/h7-10,15,18H,6H2,1-5H3. The molecule has 100 valence electrons. The van der Waals surface area contributed by atoms with Crippen molar-refractivity contribution in [2.24, 2.45) is 0 Å². The second-order valence-corrected chi connectivity index (χ2v) is 4.59. The molecule has 0 unspecified atom stereocenters. The summed E-state index contributed by atoms with van der Waals surface area (Å²) in [5, 5.41) is 13.1. The summed E-state index contributed by atoms with van der Waals surface area (Å²) >= 11 is 0. The Bertz CT molecular complexity index is 415. The number of para-hydroxylation sites is 2. The normalized spacial score (nSPS) is 9.83. The number of rotatable bonds is 5. The Balaban J connectivity index is 3.10. The first kappa shape index (κ1) is 14.2. The number of hydrogen-bond acceptors (Lipinski definition) is 4. The third kappa shape index (κ3) is 3.32. The first-order valence-electron chi connectivity index (χ1n) is 6.10. The van der Waals surface area contributed by atoms with Gasteiger partial charge in [-0.2, -0.15) is 0 Å². The Hall–Kier alpha value is -1.84. The lowest BCUT2D eigenvalue weighted by atomic mass is 10.2. The van der Waals surface area contributed by atoms with E-state index in [-0.39, 0.29) is 5.75 Å². The van der Waals surface area contributed by atoms with Crippen LogP contribution in [0.1, 0.15) is 13.3 Å². The van der Waals surface area contributed by atoms with Gasteiger partial charge in [0, 0.05) is 28.2 Å². The number of allylic oxidation sites excluding steroid dienone is 1. The van der Waals surface area contributed by atoms with Crippen LogP contribution in [0.3, 0.4) is 0 Å². The summed E-state index contributed by atoms with van der Waals surface area (Å²) < 4.78 is 0. The number of nitrogens with zero attached hydrogens (tertiary/aromatic N) is 2. The Morgan fingerprint density at radius 2 is 1.67 bits per heavy atom. The van der Waals surface area contributed by atoms with Gasteiger partial charge in [0.1, 0.15) is 11.6 Å². The fraction of sp³-hybridized carbons (Fsp3) is 0.429. The minimum Gasteiger partial charge on any atom is -0.506 e. The van der Waals surface area contributed by atoms with Crippen molar-refractivity contribution in [2.45, 2.75) is 13.3 Å². The molecule has 0 fully saturated rings. The van der Waals surface area contributed by atoms with Crippen LogP contribution in [0.4, 0.5) is 5.69 Å². The van der Waals surface area contributed by atoms with Crippen LogP contribution in [0.25, 0.3) is 0 Å². The summed E-state index contributed by atoms with van der Waals surface area (Å²) in [6.45, 7) is 2.09. The molecule has 4 nitrogen and oxygen atoms in total. The molecular weight excluding hydrogens is 226 g/mol. The van der Waals surface area contributed by atoms with E-state index in [1.165, 1.54) is 0 Å². The number of nitrogens with one attached hydrogen (secondary N) is 1. The molecule has 4 heteroatoms. The number of aromatic hydroxyl groups is 1. The highest BCUT2D eigenvalue weighted by atomic mass is 16.3.